The number of likely N-dealkylation sites (tertiary alicyclic amines) is 1. The molecule has 1 atom stereocenters. The maximum Gasteiger partial charge on any atom is 0.306 e. The van der Waals surface area contributed by atoms with E-state index in [0.717, 1.165) is 24.9 Å². The number of rotatable bonds is 4. The first-order chi connectivity index (χ1) is 10.7. The Labute approximate surface area is 137 Å². The fourth-order valence-corrected chi connectivity index (χ4v) is 2.79. The third kappa shape index (κ3) is 5.37. The summed E-state index contributed by atoms with van der Waals surface area (Å²) in [5, 5.41) is 4.35. The van der Waals surface area contributed by atoms with E-state index >= 15 is 0 Å². The Hall–Kier alpha value is -1.85. The molecule has 128 valence electrons. The molecule has 1 aromatic rings. The zero-order valence-corrected chi connectivity index (χ0v) is 14.5. The fourth-order valence-electron chi connectivity index (χ4n) is 2.79. The molecule has 0 radical (unpaired) electrons. The van der Waals surface area contributed by atoms with Gasteiger partial charge in [0.2, 0.25) is 5.91 Å². The molecule has 0 N–H and O–H groups in total. The molecule has 1 amide bonds. The van der Waals surface area contributed by atoms with Gasteiger partial charge in [-0.2, -0.15) is 5.10 Å². The maximum atomic E-state index is 12.3. The van der Waals surface area contributed by atoms with Crippen molar-refractivity contribution in [2.75, 3.05) is 13.1 Å². The predicted molar refractivity (Wildman–Crippen MR) is 86.9 cm³/mol. The molecule has 0 unspecified atom stereocenters. The number of carbonyl (C=O) groups is 2. The first-order valence-corrected chi connectivity index (χ1v) is 8.25. The summed E-state index contributed by atoms with van der Waals surface area (Å²) in [5.41, 5.74) is 0.618. The van der Waals surface area contributed by atoms with Crippen molar-refractivity contribution in [3.05, 3.63) is 18.0 Å². The van der Waals surface area contributed by atoms with Crippen LogP contribution in [0.15, 0.2) is 12.4 Å². The van der Waals surface area contributed by atoms with Crippen molar-refractivity contribution in [3.8, 4) is 0 Å². The standard InChI is InChI=1S/C17H27N3O3/c1-13-10-18-20(11-13)14-6-5-9-19(12-14)15(21)7-8-16(22)23-17(2,3)4/h10-11,14H,5-9,12H2,1-4H3/t14-/m0/s1. The largest absolute Gasteiger partial charge is 0.460 e. The molecule has 1 aliphatic rings. The third-order valence-corrected chi connectivity index (χ3v) is 3.82. The number of hydrogen-bond acceptors (Lipinski definition) is 4. The van der Waals surface area contributed by atoms with Crippen LogP contribution in [0.4, 0.5) is 0 Å². The van der Waals surface area contributed by atoms with Gasteiger partial charge < -0.3 is 9.64 Å². The van der Waals surface area contributed by atoms with Gasteiger partial charge in [0, 0.05) is 25.7 Å². The summed E-state index contributed by atoms with van der Waals surface area (Å²) < 4.78 is 7.19. The Morgan fingerprint density at radius 2 is 2.09 bits per heavy atom. The zero-order valence-electron chi connectivity index (χ0n) is 14.5. The van der Waals surface area contributed by atoms with E-state index in [0.29, 0.717) is 6.54 Å². The number of aromatic nitrogens is 2. The van der Waals surface area contributed by atoms with Gasteiger partial charge in [0.15, 0.2) is 0 Å². The summed E-state index contributed by atoms with van der Waals surface area (Å²) in [6, 6.07) is 0.225. The molecule has 0 aromatic carbocycles. The average Bonchev–Trinajstić information content (AvgIpc) is 2.90. The molecule has 0 bridgehead atoms. The summed E-state index contributed by atoms with van der Waals surface area (Å²) in [5.74, 6) is -0.299. The van der Waals surface area contributed by atoms with E-state index in [1.807, 2.05) is 49.7 Å². The van der Waals surface area contributed by atoms with E-state index < -0.39 is 5.60 Å². The lowest BCUT2D eigenvalue weighted by Gasteiger charge is -2.33. The maximum absolute atomic E-state index is 12.3. The molecular weight excluding hydrogens is 294 g/mol. The molecule has 2 rings (SSSR count). The number of carbonyl (C=O) groups excluding carboxylic acids is 2. The highest BCUT2D eigenvalue weighted by Crippen LogP contribution is 2.22. The molecule has 0 aliphatic carbocycles. The van der Waals surface area contributed by atoms with Crippen molar-refractivity contribution in [1.82, 2.24) is 14.7 Å². The number of piperidine rings is 1. The van der Waals surface area contributed by atoms with Crippen LogP contribution < -0.4 is 0 Å². The van der Waals surface area contributed by atoms with Crippen LogP contribution in [0.1, 0.15) is 58.1 Å². The minimum atomic E-state index is -0.506. The van der Waals surface area contributed by atoms with Crippen LogP contribution in [0.3, 0.4) is 0 Å². The van der Waals surface area contributed by atoms with Gasteiger partial charge in [0.25, 0.3) is 0 Å². The van der Waals surface area contributed by atoms with Crippen molar-refractivity contribution in [2.24, 2.45) is 0 Å². The molecule has 0 saturated carbocycles. The van der Waals surface area contributed by atoms with Gasteiger partial charge in [-0.15, -0.1) is 0 Å². The van der Waals surface area contributed by atoms with Crippen molar-refractivity contribution in [3.63, 3.8) is 0 Å². The monoisotopic (exact) mass is 321 g/mol. The smallest absolute Gasteiger partial charge is 0.306 e. The minimum Gasteiger partial charge on any atom is -0.460 e. The highest BCUT2D eigenvalue weighted by atomic mass is 16.6. The van der Waals surface area contributed by atoms with Gasteiger partial charge >= 0.3 is 5.97 Å². The van der Waals surface area contributed by atoms with Gasteiger partial charge in [-0.05, 0) is 46.1 Å². The second kappa shape index (κ2) is 7.15. The molecule has 6 heteroatoms. The quantitative estimate of drug-likeness (QED) is 0.799. The molecule has 1 fully saturated rings. The van der Waals surface area contributed by atoms with E-state index in [4.69, 9.17) is 4.74 Å². The Morgan fingerprint density at radius 3 is 2.70 bits per heavy atom. The number of aryl methyl sites for hydroxylation is 1. The van der Waals surface area contributed by atoms with Crippen LogP contribution in [0, 0.1) is 6.92 Å². The van der Waals surface area contributed by atoms with E-state index in [-0.39, 0.29) is 30.8 Å². The number of hydrogen-bond donors (Lipinski definition) is 0. The van der Waals surface area contributed by atoms with Crippen LogP contribution in [0.25, 0.3) is 0 Å². The first kappa shape index (κ1) is 17.5. The van der Waals surface area contributed by atoms with Gasteiger partial charge in [-0.1, -0.05) is 0 Å². The Bertz CT molecular complexity index is 560. The second-order valence-electron chi connectivity index (χ2n) is 7.22. The molecule has 0 spiro atoms. The molecule has 1 aromatic heterocycles. The van der Waals surface area contributed by atoms with E-state index in [1.165, 1.54) is 0 Å². The van der Waals surface area contributed by atoms with E-state index in [1.54, 1.807) is 0 Å². The Kier molecular flexibility index (Phi) is 5.44. The lowest BCUT2D eigenvalue weighted by atomic mass is 10.1. The molecule has 23 heavy (non-hydrogen) atoms. The highest BCUT2D eigenvalue weighted by Gasteiger charge is 2.26. The summed E-state index contributed by atoms with van der Waals surface area (Å²) in [6.45, 7) is 8.91. The van der Waals surface area contributed by atoms with E-state index in [2.05, 4.69) is 5.10 Å². The number of ether oxygens (including phenoxy) is 1. The lowest BCUT2D eigenvalue weighted by molar-refractivity contribution is -0.156. The van der Waals surface area contributed by atoms with Crippen molar-refractivity contribution in [2.45, 2.75) is 65.0 Å². The topological polar surface area (TPSA) is 64.4 Å². The number of nitrogens with zero attached hydrogens (tertiary/aromatic N) is 3. The van der Waals surface area contributed by atoms with E-state index in [9.17, 15) is 9.59 Å². The summed E-state index contributed by atoms with van der Waals surface area (Å²) in [4.78, 5) is 25.9. The Morgan fingerprint density at radius 1 is 1.35 bits per heavy atom. The second-order valence-corrected chi connectivity index (χ2v) is 7.22. The van der Waals surface area contributed by atoms with Crippen LogP contribution in [0.5, 0.6) is 0 Å². The Balaban J connectivity index is 1.83. The molecular formula is C17H27N3O3. The third-order valence-electron chi connectivity index (χ3n) is 3.82. The van der Waals surface area contributed by atoms with Crippen LogP contribution in [-0.2, 0) is 14.3 Å². The molecule has 1 saturated heterocycles. The zero-order chi connectivity index (χ0) is 17.0. The van der Waals surface area contributed by atoms with Crippen molar-refractivity contribution >= 4 is 11.9 Å². The van der Waals surface area contributed by atoms with Gasteiger partial charge in [0.05, 0.1) is 18.7 Å². The highest BCUT2D eigenvalue weighted by molar-refractivity contribution is 5.81. The molecule has 1 aliphatic heterocycles. The van der Waals surface area contributed by atoms with Gasteiger partial charge in [-0.3, -0.25) is 14.3 Å². The normalized spacial score (nSPS) is 18.8. The fraction of sp³-hybridized carbons (Fsp3) is 0.706. The summed E-state index contributed by atoms with van der Waals surface area (Å²) >= 11 is 0. The molecule has 6 nitrogen and oxygen atoms in total. The minimum absolute atomic E-state index is 0.0180. The predicted octanol–water partition coefficient (Wildman–Crippen LogP) is 2.48. The van der Waals surface area contributed by atoms with Crippen LogP contribution in [0.2, 0.25) is 0 Å². The number of esters is 1. The van der Waals surface area contributed by atoms with Gasteiger partial charge in [-0.25, -0.2) is 0 Å². The number of amides is 1. The summed E-state index contributed by atoms with van der Waals surface area (Å²) in [7, 11) is 0. The van der Waals surface area contributed by atoms with Crippen molar-refractivity contribution < 1.29 is 14.3 Å². The first-order valence-electron chi connectivity index (χ1n) is 8.25. The SMILES string of the molecule is Cc1cnn([C@H]2CCCN(C(=O)CCC(=O)OC(C)(C)C)C2)c1. The summed E-state index contributed by atoms with van der Waals surface area (Å²) in [6.07, 6.45) is 6.18. The lowest BCUT2D eigenvalue weighted by Crippen LogP contribution is -2.41. The molecule has 2 heterocycles. The van der Waals surface area contributed by atoms with Crippen molar-refractivity contribution in [1.29, 1.82) is 0 Å². The van der Waals surface area contributed by atoms with Gasteiger partial charge in [0.1, 0.15) is 5.60 Å². The van der Waals surface area contributed by atoms with Crippen LogP contribution >= 0.6 is 0 Å². The van der Waals surface area contributed by atoms with Crippen LogP contribution in [-0.4, -0.2) is 45.2 Å². The average molecular weight is 321 g/mol.